The average molecular weight is 469 g/mol. The van der Waals surface area contributed by atoms with E-state index in [-0.39, 0.29) is 17.4 Å². The predicted molar refractivity (Wildman–Crippen MR) is 129 cm³/mol. The number of carbonyl (C=O) groups excluding carboxylic acids is 2. The van der Waals surface area contributed by atoms with Crippen LogP contribution in [0.5, 0.6) is 0 Å². The molecule has 2 N–H and O–H groups in total. The molecule has 1 aromatic heterocycles. The van der Waals surface area contributed by atoms with E-state index in [1.807, 2.05) is 50.2 Å². The van der Waals surface area contributed by atoms with Gasteiger partial charge < -0.3 is 10.1 Å². The molecule has 0 bridgehead atoms. The number of aromatic nitrogens is 2. The predicted octanol–water partition coefficient (Wildman–Crippen LogP) is 3.33. The van der Waals surface area contributed by atoms with Crippen LogP contribution in [0.4, 0.5) is 4.79 Å². The average Bonchev–Trinajstić information content (AvgIpc) is 2.81. The first kappa shape index (κ1) is 24.5. The monoisotopic (exact) mass is 468 g/mol. The van der Waals surface area contributed by atoms with Crippen molar-refractivity contribution in [3.63, 3.8) is 0 Å². The molecule has 9 heteroatoms. The maximum Gasteiger partial charge on any atom is 0.321 e. The van der Waals surface area contributed by atoms with Gasteiger partial charge in [0.25, 0.3) is 5.56 Å². The van der Waals surface area contributed by atoms with Gasteiger partial charge >= 0.3 is 6.03 Å². The van der Waals surface area contributed by atoms with Crippen LogP contribution >= 0.6 is 11.8 Å². The summed E-state index contributed by atoms with van der Waals surface area (Å²) in [6.45, 7) is 5.17. The number of urea groups is 1. The number of carbonyl (C=O) groups is 2. The van der Waals surface area contributed by atoms with Crippen molar-refractivity contribution in [3.05, 3.63) is 70.5 Å². The number of nitrogens with one attached hydrogen (secondary N) is 2. The van der Waals surface area contributed by atoms with Crippen LogP contribution in [-0.4, -0.2) is 40.0 Å². The number of nitrogens with zero attached hydrogens (tertiary/aromatic N) is 2. The zero-order valence-corrected chi connectivity index (χ0v) is 19.6. The molecule has 3 rings (SSSR count). The number of imide groups is 1. The first-order chi connectivity index (χ1) is 15.9. The highest BCUT2D eigenvalue weighted by molar-refractivity contribution is 7.99. The van der Waals surface area contributed by atoms with Crippen molar-refractivity contribution in [2.45, 2.75) is 44.6 Å². The molecule has 0 aliphatic heterocycles. The van der Waals surface area contributed by atoms with Crippen molar-refractivity contribution < 1.29 is 14.3 Å². The summed E-state index contributed by atoms with van der Waals surface area (Å²) in [7, 11) is 0. The lowest BCUT2D eigenvalue weighted by atomic mass is 10.2. The van der Waals surface area contributed by atoms with Gasteiger partial charge in [0.1, 0.15) is 0 Å². The fraction of sp³-hybridized carbons (Fsp3) is 0.333. The van der Waals surface area contributed by atoms with Gasteiger partial charge in [0.05, 0.1) is 22.8 Å². The Labute approximate surface area is 196 Å². The molecule has 0 aliphatic rings. The fourth-order valence-corrected chi connectivity index (χ4v) is 3.94. The molecule has 0 saturated heterocycles. The first-order valence-electron chi connectivity index (χ1n) is 10.8. The third kappa shape index (κ3) is 7.44. The molecule has 33 heavy (non-hydrogen) atoms. The SMILES string of the molecule is CC(C)OCCCn1c(SCC(=O)NC(=O)NCc2ccccc2)nc2ccccc2c1=O. The van der Waals surface area contributed by atoms with Crippen LogP contribution in [0.3, 0.4) is 0 Å². The van der Waals surface area contributed by atoms with Crippen molar-refractivity contribution in [2.24, 2.45) is 0 Å². The summed E-state index contributed by atoms with van der Waals surface area (Å²) in [5.41, 5.74) is 1.34. The molecule has 0 atom stereocenters. The summed E-state index contributed by atoms with van der Waals surface area (Å²) >= 11 is 1.12. The molecule has 8 nitrogen and oxygen atoms in total. The normalized spacial score (nSPS) is 11.0. The Bertz CT molecular complexity index is 1150. The van der Waals surface area contributed by atoms with Crippen LogP contribution in [0.1, 0.15) is 25.8 Å². The highest BCUT2D eigenvalue weighted by atomic mass is 32.2. The number of para-hydroxylation sites is 1. The van der Waals surface area contributed by atoms with Crippen LogP contribution in [0.25, 0.3) is 10.9 Å². The van der Waals surface area contributed by atoms with Gasteiger partial charge in [-0.2, -0.15) is 0 Å². The van der Waals surface area contributed by atoms with Gasteiger partial charge in [-0.05, 0) is 38.0 Å². The molecular weight excluding hydrogens is 440 g/mol. The Morgan fingerprint density at radius 1 is 1.09 bits per heavy atom. The molecule has 0 spiro atoms. The summed E-state index contributed by atoms with van der Waals surface area (Å²) in [5, 5.41) is 5.92. The highest BCUT2D eigenvalue weighted by Crippen LogP contribution is 2.18. The molecular formula is C24H28N4O4S. The third-order valence-electron chi connectivity index (χ3n) is 4.69. The fourth-order valence-electron chi connectivity index (χ4n) is 3.11. The van der Waals surface area contributed by atoms with Crippen molar-refractivity contribution >= 4 is 34.6 Å². The van der Waals surface area contributed by atoms with Crippen LogP contribution in [0.15, 0.2) is 64.5 Å². The van der Waals surface area contributed by atoms with Crippen LogP contribution < -0.4 is 16.2 Å². The lowest BCUT2D eigenvalue weighted by Gasteiger charge is -2.14. The van der Waals surface area contributed by atoms with Crippen LogP contribution in [0.2, 0.25) is 0 Å². The Kier molecular flexibility index (Phi) is 9.03. The van der Waals surface area contributed by atoms with E-state index in [2.05, 4.69) is 15.6 Å². The van der Waals surface area contributed by atoms with Gasteiger partial charge in [0.2, 0.25) is 5.91 Å². The molecule has 0 saturated carbocycles. The molecule has 3 amide bonds. The molecule has 1 heterocycles. The molecule has 0 fully saturated rings. The Morgan fingerprint density at radius 3 is 2.58 bits per heavy atom. The van der Waals surface area contributed by atoms with Gasteiger partial charge in [-0.15, -0.1) is 0 Å². The minimum Gasteiger partial charge on any atom is -0.379 e. The van der Waals surface area contributed by atoms with Crippen LogP contribution in [0, 0.1) is 0 Å². The van der Waals surface area contributed by atoms with E-state index >= 15 is 0 Å². The highest BCUT2D eigenvalue weighted by Gasteiger charge is 2.14. The summed E-state index contributed by atoms with van der Waals surface area (Å²) < 4.78 is 7.15. The molecule has 0 unspecified atom stereocenters. The number of fused-ring (bicyclic) bond motifs is 1. The number of hydrogen-bond acceptors (Lipinski definition) is 6. The number of amides is 3. The maximum absolute atomic E-state index is 13.0. The quantitative estimate of drug-likeness (QED) is 0.269. The summed E-state index contributed by atoms with van der Waals surface area (Å²) in [6.07, 6.45) is 0.752. The number of benzene rings is 2. The topological polar surface area (TPSA) is 102 Å². The standard InChI is InChI=1S/C24H28N4O4S/c1-17(2)32-14-8-13-28-22(30)19-11-6-7-12-20(19)26-24(28)33-16-21(29)27-23(31)25-15-18-9-4-3-5-10-18/h3-7,9-12,17H,8,13-16H2,1-2H3,(H2,25,27,29,31). The maximum atomic E-state index is 13.0. The van der Waals surface area contributed by atoms with E-state index in [0.717, 1.165) is 17.3 Å². The number of thioether (sulfide) groups is 1. The second-order valence-corrected chi connectivity index (χ2v) is 8.59. The zero-order chi connectivity index (χ0) is 23.6. The minimum absolute atomic E-state index is 0.0496. The van der Waals surface area contributed by atoms with Gasteiger partial charge in [-0.3, -0.25) is 19.5 Å². The van der Waals surface area contributed by atoms with E-state index in [4.69, 9.17) is 4.74 Å². The summed E-state index contributed by atoms with van der Waals surface area (Å²) in [4.78, 5) is 41.9. The minimum atomic E-state index is -0.570. The lowest BCUT2D eigenvalue weighted by Crippen LogP contribution is -2.40. The molecule has 0 aliphatic carbocycles. The number of ether oxygens (including phenoxy) is 1. The van der Waals surface area contributed by atoms with Crippen molar-refractivity contribution in [2.75, 3.05) is 12.4 Å². The van der Waals surface area contributed by atoms with Gasteiger partial charge in [-0.25, -0.2) is 9.78 Å². The van der Waals surface area contributed by atoms with E-state index in [1.54, 1.807) is 22.8 Å². The summed E-state index contributed by atoms with van der Waals surface area (Å²) in [5.74, 6) is -0.519. The number of rotatable bonds is 10. The Balaban J connectivity index is 1.62. The smallest absolute Gasteiger partial charge is 0.321 e. The third-order valence-corrected chi connectivity index (χ3v) is 5.66. The van der Waals surface area contributed by atoms with Crippen molar-refractivity contribution in [1.82, 2.24) is 20.2 Å². The van der Waals surface area contributed by atoms with Crippen molar-refractivity contribution in [3.8, 4) is 0 Å². The summed E-state index contributed by atoms with van der Waals surface area (Å²) in [6, 6.07) is 16.0. The van der Waals surface area contributed by atoms with Gasteiger partial charge in [0.15, 0.2) is 5.16 Å². The van der Waals surface area contributed by atoms with Crippen molar-refractivity contribution in [1.29, 1.82) is 0 Å². The van der Waals surface area contributed by atoms with Gasteiger partial charge in [-0.1, -0.05) is 54.2 Å². The second-order valence-electron chi connectivity index (χ2n) is 7.65. The van der Waals surface area contributed by atoms with E-state index < -0.39 is 11.9 Å². The molecule has 174 valence electrons. The van der Waals surface area contributed by atoms with E-state index in [0.29, 0.717) is 42.2 Å². The Morgan fingerprint density at radius 2 is 1.82 bits per heavy atom. The zero-order valence-electron chi connectivity index (χ0n) is 18.7. The Hall–Kier alpha value is -3.17. The van der Waals surface area contributed by atoms with E-state index in [9.17, 15) is 14.4 Å². The molecule has 0 radical (unpaired) electrons. The number of hydrogen-bond donors (Lipinski definition) is 2. The lowest BCUT2D eigenvalue weighted by molar-refractivity contribution is -0.117. The van der Waals surface area contributed by atoms with E-state index in [1.165, 1.54) is 0 Å². The second kappa shape index (κ2) is 12.2. The van der Waals surface area contributed by atoms with Gasteiger partial charge in [0, 0.05) is 19.7 Å². The first-order valence-corrected chi connectivity index (χ1v) is 11.8. The largest absolute Gasteiger partial charge is 0.379 e. The van der Waals surface area contributed by atoms with Crippen LogP contribution in [-0.2, 0) is 22.6 Å². The molecule has 2 aromatic carbocycles. The molecule has 3 aromatic rings.